The van der Waals surface area contributed by atoms with Crippen LogP contribution < -0.4 is 10.6 Å². The van der Waals surface area contributed by atoms with Crippen LogP contribution in [0.15, 0.2) is 36.4 Å². The van der Waals surface area contributed by atoms with Gasteiger partial charge in [-0.15, -0.1) is 0 Å². The maximum Gasteiger partial charge on any atom is 0.329 e. The van der Waals surface area contributed by atoms with Gasteiger partial charge in [0.2, 0.25) is 11.8 Å². The molecule has 6 nitrogen and oxygen atoms in total. The number of nitrogens with zero attached hydrogens (tertiary/aromatic N) is 1. The van der Waals surface area contributed by atoms with E-state index in [1.165, 1.54) is 12.1 Å². The largest absolute Gasteiger partial charge is 0.350 e. The summed E-state index contributed by atoms with van der Waals surface area (Å²) < 4.78 is 0. The molecule has 0 spiro atoms. The van der Waals surface area contributed by atoms with Gasteiger partial charge in [-0.2, -0.15) is 0 Å². The lowest BCUT2D eigenvalue weighted by Crippen LogP contribution is -2.49. The van der Waals surface area contributed by atoms with Crippen LogP contribution in [0.5, 0.6) is 0 Å². The van der Waals surface area contributed by atoms with Crippen LogP contribution in [0.25, 0.3) is 0 Å². The summed E-state index contributed by atoms with van der Waals surface area (Å²) in [4.78, 5) is 38.3. The van der Waals surface area contributed by atoms with Gasteiger partial charge in [0.1, 0.15) is 6.04 Å². The Morgan fingerprint density at radius 3 is 2.45 bits per heavy atom. The zero-order valence-corrected chi connectivity index (χ0v) is 17.9. The minimum atomic E-state index is -0.920. The molecule has 0 unspecified atom stereocenters. The molecule has 0 radical (unpaired) electrons. The molecule has 3 rings (SSSR count). The molecule has 0 aliphatic carbocycles. The standard InChI is InChI=1S/C19H15Cl4N3O3/c20-11-2-1-10(14(22)7-11)9-24-18(28)16-5-6-17(27)26(16)19(29)25-12-3-4-13(21)15(23)8-12/h1-4,7-8,16H,5-6,9H2,(H,24,28)(H,25,29)/t16-/m0/s1. The highest BCUT2D eigenvalue weighted by atomic mass is 35.5. The maximum atomic E-state index is 12.6. The molecule has 2 N–H and O–H groups in total. The SMILES string of the molecule is O=C(NCc1ccc(Cl)cc1Cl)[C@@H]1CCC(=O)N1C(=O)Nc1ccc(Cl)c(Cl)c1. The Morgan fingerprint density at radius 2 is 1.76 bits per heavy atom. The van der Waals surface area contributed by atoms with E-state index in [1.807, 2.05) is 0 Å². The van der Waals surface area contributed by atoms with Crippen molar-refractivity contribution in [1.29, 1.82) is 0 Å². The van der Waals surface area contributed by atoms with E-state index in [-0.39, 0.29) is 24.4 Å². The van der Waals surface area contributed by atoms with Crippen molar-refractivity contribution in [3.8, 4) is 0 Å². The number of carbonyl (C=O) groups is 3. The molecule has 29 heavy (non-hydrogen) atoms. The fourth-order valence-electron chi connectivity index (χ4n) is 2.91. The van der Waals surface area contributed by atoms with Crippen molar-refractivity contribution in [1.82, 2.24) is 10.2 Å². The molecular weight excluding hydrogens is 460 g/mol. The smallest absolute Gasteiger partial charge is 0.329 e. The van der Waals surface area contributed by atoms with Gasteiger partial charge in [0.15, 0.2) is 0 Å². The Morgan fingerprint density at radius 1 is 1.00 bits per heavy atom. The van der Waals surface area contributed by atoms with Crippen molar-refractivity contribution >= 4 is 69.9 Å². The average molecular weight is 475 g/mol. The molecule has 4 amide bonds. The second-order valence-corrected chi connectivity index (χ2v) is 7.99. The van der Waals surface area contributed by atoms with Gasteiger partial charge in [0.25, 0.3) is 0 Å². The number of likely N-dealkylation sites (tertiary alicyclic amines) is 1. The van der Waals surface area contributed by atoms with Gasteiger partial charge in [-0.05, 0) is 42.3 Å². The third kappa shape index (κ3) is 5.14. The zero-order valence-electron chi connectivity index (χ0n) is 14.8. The van der Waals surface area contributed by atoms with Gasteiger partial charge in [-0.3, -0.25) is 14.5 Å². The van der Waals surface area contributed by atoms with E-state index < -0.39 is 23.9 Å². The van der Waals surface area contributed by atoms with E-state index in [1.54, 1.807) is 24.3 Å². The summed E-state index contributed by atoms with van der Waals surface area (Å²) in [7, 11) is 0. The molecule has 1 fully saturated rings. The second kappa shape index (κ2) is 9.22. The Labute approximate surface area is 187 Å². The van der Waals surface area contributed by atoms with Crippen molar-refractivity contribution in [2.75, 3.05) is 5.32 Å². The molecule has 2 aromatic rings. The average Bonchev–Trinajstić information content (AvgIpc) is 3.05. The number of amides is 4. The van der Waals surface area contributed by atoms with Gasteiger partial charge in [0.05, 0.1) is 10.0 Å². The molecule has 1 aliphatic rings. The molecule has 2 aromatic carbocycles. The highest BCUT2D eigenvalue weighted by Crippen LogP contribution is 2.27. The Kier molecular flexibility index (Phi) is 6.90. The van der Waals surface area contributed by atoms with Crippen LogP contribution in [0.2, 0.25) is 20.1 Å². The van der Waals surface area contributed by atoms with E-state index in [4.69, 9.17) is 46.4 Å². The molecule has 152 valence electrons. The van der Waals surface area contributed by atoms with Gasteiger partial charge < -0.3 is 10.6 Å². The van der Waals surface area contributed by atoms with E-state index in [9.17, 15) is 14.4 Å². The molecule has 10 heteroatoms. The first-order valence-corrected chi connectivity index (χ1v) is 10.1. The van der Waals surface area contributed by atoms with Gasteiger partial charge in [-0.25, -0.2) is 4.79 Å². The first-order valence-electron chi connectivity index (χ1n) is 8.56. The van der Waals surface area contributed by atoms with Crippen LogP contribution in [0.3, 0.4) is 0 Å². The number of imide groups is 1. The van der Waals surface area contributed by atoms with Crippen molar-refractivity contribution < 1.29 is 14.4 Å². The third-order valence-corrected chi connectivity index (χ3v) is 5.70. The predicted molar refractivity (Wildman–Crippen MR) is 114 cm³/mol. The van der Waals surface area contributed by atoms with Gasteiger partial charge in [-0.1, -0.05) is 52.5 Å². The number of carbonyl (C=O) groups excluding carboxylic acids is 3. The Hall–Kier alpha value is -1.99. The number of anilines is 1. The number of urea groups is 1. The third-order valence-electron chi connectivity index (χ3n) is 4.37. The lowest BCUT2D eigenvalue weighted by Gasteiger charge is -2.23. The minimum Gasteiger partial charge on any atom is -0.350 e. The topological polar surface area (TPSA) is 78.5 Å². The molecule has 1 saturated heterocycles. The van der Waals surface area contributed by atoms with Crippen LogP contribution in [-0.2, 0) is 16.1 Å². The van der Waals surface area contributed by atoms with Gasteiger partial charge in [0, 0.05) is 28.7 Å². The summed E-state index contributed by atoms with van der Waals surface area (Å²) in [5, 5.41) is 6.76. The fourth-order valence-corrected chi connectivity index (χ4v) is 3.68. The molecule has 0 bridgehead atoms. The van der Waals surface area contributed by atoms with Crippen LogP contribution in [0, 0.1) is 0 Å². The highest BCUT2D eigenvalue weighted by molar-refractivity contribution is 6.42. The van der Waals surface area contributed by atoms with E-state index in [0.717, 1.165) is 4.90 Å². The predicted octanol–water partition coefficient (Wildman–Crippen LogP) is 5.14. The Balaban J connectivity index is 1.67. The monoisotopic (exact) mass is 473 g/mol. The lowest BCUT2D eigenvalue weighted by atomic mass is 10.2. The Bertz CT molecular complexity index is 983. The van der Waals surface area contributed by atoms with E-state index >= 15 is 0 Å². The fraction of sp³-hybridized carbons (Fsp3) is 0.211. The quantitative estimate of drug-likeness (QED) is 0.643. The van der Waals surface area contributed by atoms with Crippen LogP contribution >= 0.6 is 46.4 Å². The summed E-state index contributed by atoms with van der Waals surface area (Å²) in [6, 6.07) is 7.81. The number of halogens is 4. The molecule has 1 atom stereocenters. The van der Waals surface area contributed by atoms with E-state index in [2.05, 4.69) is 10.6 Å². The summed E-state index contributed by atoms with van der Waals surface area (Å²) >= 11 is 23.8. The maximum absolute atomic E-state index is 12.6. The first-order chi connectivity index (χ1) is 13.8. The molecule has 1 aliphatic heterocycles. The number of benzene rings is 2. The molecule has 1 heterocycles. The van der Waals surface area contributed by atoms with E-state index in [0.29, 0.717) is 26.3 Å². The molecule has 0 saturated carbocycles. The highest BCUT2D eigenvalue weighted by Gasteiger charge is 2.40. The summed E-state index contributed by atoms with van der Waals surface area (Å²) in [5.74, 6) is -0.890. The van der Waals surface area contributed by atoms with Crippen molar-refractivity contribution in [3.05, 3.63) is 62.1 Å². The summed E-state index contributed by atoms with van der Waals surface area (Å²) in [6.45, 7) is 0.141. The number of hydrogen-bond acceptors (Lipinski definition) is 3. The second-order valence-electron chi connectivity index (χ2n) is 6.33. The summed E-state index contributed by atoms with van der Waals surface area (Å²) in [6.07, 6.45) is 0.322. The van der Waals surface area contributed by atoms with Crippen molar-refractivity contribution in [3.63, 3.8) is 0 Å². The van der Waals surface area contributed by atoms with Crippen LogP contribution in [0.4, 0.5) is 10.5 Å². The molecule has 0 aromatic heterocycles. The van der Waals surface area contributed by atoms with Crippen LogP contribution in [-0.4, -0.2) is 28.8 Å². The normalized spacial score (nSPS) is 16.1. The summed E-state index contributed by atoms with van der Waals surface area (Å²) in [5.41, 5.74) is 1.02. The minimum absolute atomic E-state index is 0.0918. The molecular formula is C19H15Cl4N3O3. The number of hydrogen-bond donors (Lipinski definition) is 2. The number of nitrogens with one attached hydrogen (secondary N) is 2. The van der Waals surface area contributed by atoms with Crippen molar-refractivity contribution in [2.45, 2.75) is 25.4 Å². The van der Waals surface area contributed by atoms with Crippen LogP contribution in [0.1, 0.15) is 18.4 Å². The lowest BCUT2D eigenvalue weighted by molar-refractivity contribution is -0.132. The van der Waals surface area contributed by atoms with Gasteiger partial charge >= 0.3 is 6.03 Å². The first kappa shape index (κ1) is 21.7. The number of rotatable bonds is 4. The zero-order chi connectivity index (χ0) is 21.1. The van der Waals surface area contributed by atoms with Crippen molar-refractivity contribution in [2.24, 2.45) is 0 Å².